The normalized spacial score (nSPS) is 11.2. The van der Waals surface area contributed by atoms with Crippen molar-refractivity contribution in [3.63, 3.8) is 0 Å². The third-order valence-electron chi connectivity index (χ3n) is 9.59. The van der Waals surface area contributed by atoms with Gasteiger partial charge in [0, 0.05) is 33.4 Å². The molecule has 0 N–H and O–H groups in total. The molecule has 0 unspecified atom stereocenters. The molecule has 9 rings (SSSR count). The average molecular weight is 639 g/mol. The zero-order valence-corrected chi connectivity index (χ0v) is 27.5. The molecule has 0 atom stereocenters. The maximum atomic E-state index is 2.43. The predicted octanol–water partition coefficient (Wildman–Crippen LogP) is 13.3. The summed E-state index contributed by atoms with van der Waals surface area (Å²) in [5.41, 5.74) is 13.9. The van der Waals surface area contributed by atoms with E-state index in [0.29, 0.717) is 0 Å². The summed E-state index contributed by atoms with van der Waals surface area (Å²) < 4.78 is 2.39. The summed E-state index contributed by atoms with van der Waals surface area (Å²) in [6, 6.07) is 74.1. The van der Waals surface area contributed by atoms with Crippen molar-refractivity contribution in [2.75, 3.05) is 4.90 Å². The van der Waals surface area contributed by atoms with Gasteiger partial charge in [-0.1, -0.05) is 158 Å². The van der Waals surface area contributed by atoms with E-state index in [1.54, 1.807) is 0 Å². The Kier molecular flexibility index (Phi) is 7.53. The van der Waals surface area contributed by atoms with Crippen LogP contribution in [0.5, 0.6) is 0 Å². The molecule has 1 aromatic heterocycles. The molecular weight excluding hydrogens is 605 g/mol. The van der Waals surface area contributed by atoms with Gasteiger partial charge in [-0.2, -0.15) is 0 Å². The molecule has 0 bridgehead atoms. The fourth-order valence-electron chi connectivity index (χ4n) is 7.40. The van der Waals surface area contributed by atoms with Crippen LogP contribution in [0.3, 0.4) is 0 Å². The van der Waals surface area contributed by atoms with Crippen molar-refractivity contribution in [3.8, 4) is 39.1 Å². The van der Waals surface area contributed by atoms with Crippen LogP contribution in [-0.4, -0.2) is 4.57 Å². The molecule has 0 radical (unpaired) electrons. The molecule has 2 heteroatoms. The Morgan fingerprint density at radius 3 is 1.60 bits per heavy atom. The van der Waals surface area contributed by atoms with Crippen molar-refractivity contribution in [2.45, 2.75) is 0 Å². The molecule has 9 aromatic rings. The lowest BCUT2D eigenvalue weighted by atomic mass is 9.87. The number of fused-ring (bicyclic) bond motifs is 3. The van der Waals surface area contributed by atoms with Crippen LogP contribution in [0.25, 0.3) is 60.9 Å². The maximum absolute atomic E-state index is 2.43. The topological polar surface area (TPSA) is 8.17 Å². The lowest BCUT2D eigenvalue weighted by molar-refractivity contribution is 1.18. The van der Waals surface area contributed by atoms with Gasteiger partial charge in [0.05, 0.1) is 16.7 Å². The number of aromatic nitrogens is 1. The molecule has 0 amide bonds. The van der Waals surface area contributed by atoms with Crippen molar-refractivity contribution < 1.29 is 0 Å². The zero-order chi connectivity index (χ0) is 33.3. The van der Waals surface area contributed by atoms with Crippen LogP contribution < -0.4 is 4.90 Å². The van der Waals surface area contributed by atoms with Gasteiger partial charge >= 0.3 is 0 Å². The molecule has 0 aliphatic heterocycles. The summed E-state index contributed by atoms with van der Waals surface area (Å²) in [5, 5.41) is 2.47. The number of rotatable bonds is 7. The van der Waals surface area contributed by atoms with Gasteiger partial charge in [0.1, 0.15) is 0 Å². The van der Waals surface area contributed by atoms with Gasteiger partial charge in [0.2, 0.25) is 0 Å². The molecule has 0 fully saturated rings. The second-order valence-corrected chi connectivity index (χ2v) is 12.5. The molecule has 0 spiro atoms. The highest BCUT2D eigenvalue weighted by molar-refractivity contribution is 6.11. The Hall–Kier alpha value is -6.64. The minimum Gasteiger partial charge on any atom is -0.310 e. The van der Waals surface area contributed by atoms with Crippen molar-refractivity contribution in [2.24, 2.45) is 0 Å². The first-order valence-electron chi connectivity index (χ1n) is 17.1. The molecule has 236 valence electrons. The molecule has 0 saturated heterocycles. The Labute approximate surface area is 292 Å². The van der Waals surface area contributed by atoms with E-state index in [1.807, 2.05) is 0 Å². The SMILES string of the molecule is c1ccc(-c2ccccc2-c2c(-c3ccccc3)cccc2N(c2ccccc2)c2ccc3c4ccccc4n(-c4ccccc4)c3c2)cc1. The highest BCUT2D eigenvalue weighted by Gasteiger charge is 2.23. The first-order valence-corrected chi connectivity index (χ1v) is 17.1. The van der Waals surface area contributed by atoms with E-state index in [4.69, 9.17) is 0 Å². The number of benzene rings is 8. The third-order valence-corrected chi connectivity index (χ3v) is 9.59. The average Bonchev–Trinajstić information content (AvgIpc) is 3.53. The fraction of sp³-hybridized carbons (Fsp3) is 0. The largest absolute Gasteiger partial charge is 0.310 e. The molecule has 1 heterocycles. The fourth-order valence-corrected chi connectivity index (χ4v) is 7.40. The molecular formula is C48H34N2. The summed E-state index contributed by atoms with van der Waals surface area (Å²) in [5.74, 6) is 0. The summed E-state index contributed by atoms with van der Waals surface area (Å²) in [6.45, 7) is 0. The minimum atomic E-state index is 1.09. The van der Waals surface area contributed by atoms with Gasteiger partial charge < -0.3 is 9.47 Å². The molecule has 50 heavy (non-hydrogen) atoms. The van der Waals surface area contributed by atoms with E-state index in [1.165, 1.54) is 55.2 Å². The highest BCUT2D eigenvalue weighted by atomic mass is 15.1. The van der Waals surface area contributed by atoms with Gasteiger partial charge in [0.25, 0.3) is 0 Å². The van der Waals surface area contributed by atoms with Gasteiger partial charge in [0.15, 0.2) is 0 Å². The van der Waals surface area contributed by atoms with E-state index in [-0.39, 0.29) is 0 Å². The van der Waals surface area contributed by atoms with E-state index < -0.39 is 0 Å². The minimum absolute atomic E-state index is 1.09. The van der Waals surface area contributed by atoms with Crippen LogP contribution in [0.2, 0.25) is 0 Å². The van der Waals surface area contributed by atoms with Crippen LogP contribution in [0.1, 0.15) is 0 Å². The van der Waals surface area contributed by atoms with Crippen molar-refractivity contribution >= 4 is 38.9 Å². The standard InChI is InChI=1S/C48H34N2/c1-5-18-35(19-6-1)40-26-13-14-28-44(40)48-41(36-20-7-2-8-21-36)29-17-31-46(48)49(37-22-9-3-10-23-37)39-32-33-43-42-27-15-16-30-45(42)50(47(43)34-39)38-24-11-4-12-25-38/h1-34H. The number of hydrogen-bond acceptors (Lipinski definition) is 1. The smallest absolute Gasteiger partial charge is 0.0561 e. The van der Waals surface area contributed by atoms with E-state index >= 15 is 0 Å². The summed E-state index contributed by atoms with van der Waals surface area (Å²) in [7, 11) is 0. The number of hydrogen-bond donors (Lipinski definition) is 0. The lowest BCUT2D eigenvalue weighted by Gasteiger charge is -2.30. The summed E-state index contributed by atoms with van der Waals surface area (Å²) >= 11 is 0. The summed E-state index contributed by atoms with van der Waals surface area (Å²) in [6.07, 6.45) is 0. The molecule has 0 aliphatic carbocycles. The first-order chi connectivity index (χ1) is 24.8. The predicted molar refractivity (Wildman–Crippen MR) is 212 cm³/mol. The van der Waals surface area contributed by atoms with Gasteiger partial charge in [-0.25, -0.2) is 0 Å². The molecule has 2 nitrogen and oxygen atoms in total. The highest BCUT2D eigenvalue weighted by Crippen LogP contribution is 2.48. The Balaban J connectivity index is 1.36. The van der Waals surface area contributed by atoms with Crippen LogP contribution >= 0.6 is 0 Å². The van der Waals surface area contributed by atoms with Gasteiger partial charge in [-0.15, -0.1) is 0 Å². The van der Waals surface area contributed by atoms with Crippen LogP contribution in [0, 0.1) is 0 Å². The monoisotopic (exact) mass is 638 g/mol. The molecule has 8 aromatic carbocycles. The number of para-hydroxylation sites is 3. The second-order valence-electron chi connectivity index (χ2n) is 12.5. The lowest BCUT2D eigenvalue weighted by Crippen LogP contribution is -2.12. The Morgan fingerprint density at radius 1 is 0.340 bits per heavy atom. The van der Waals surface area contributed by atoms with Crippen LogP contribution in [0.4, 0.5) is 17.1 Å². The molecule has 0 saturated carbocycles. The zero-order valence-electron chi connectivity index (χ0n) is 27.5. The molecule has 0 aliphatic rings. The third kappa shape index (κ3) is 5.15. The maximum Gasteiger partial charge on any atom is 0.0561 e. The Bertz CT molecular complexity index is 2570. The number of nitrogens with zero attached hydrogens (tertiary/aromatic N) is 2. The van der Waals surface area contributed by atoms with E-state index in [2.05, 4.69) is 216 Å². The second kappa shape index (κ2) is 12.8. The van der Waals surface area contributed by atoms with Gasteiger partial charge in [-0.05, 0) is 76.3 Å². The van der Waals surface area contributed by atoms with Crippen molar-refractivity contribution in [3.05, 3.63) is 206 Å². The van der Waals surface area contributed by atoms with Gasteiger partial charge in [-0.3, -0.25) is 0 Å². The quantitative estimate of drug-likeness (QED) is 0.169. The Morgan fingerprint density at radius 2 is 0.880 bits per heavy atom. The summed E-state index contributed by atoms with van der Waals surface area (Å²) in [4.78, 5) is 2.43. The van der Waals surface area contributed by atoms with E-state index in [0.717, 1.165) is 22.7 Å². The van der Waals surface area contributed by atoms with Crippen LogP contribution in [0.15, 0.2) is 206 Å². The van der Waals surface area contributed by atoms with Crippen molar-refractivity contribution in [1.29, 1.82) is 0 Å². The van der Waals surface area contributed by atoms with Crippen LogP contribution in [-0.2, 0) is 0 Å². The number of anilines is 3. The van der Waals surface area contributed by atoms with Crippen molar-refractivity contribution in [1.82, 2.24) is 4.57 Å². The van der Waals surface area contributed by atoms with E-state index in [9.17, 15) is 0 Å². The first kappa shape index (κ1) is 29.5.